The molecule has 0 aromatic heterocycles. The molecule has 4 nitrogen and oxygen atoms in total. The summed E-state index contributed by atoms with van der Waals surface area (Å²) in [7, 11) is 1.80. The third-order valence-corrected chi connectivity index (χ3v) is 2.64. The first-order chi connectivity index (χ1) is 7.69. The quantitative estimate of drug-likeness (QED) is 0.606. The molecule has 1 unspecified atom stereocenters. The highest BCUT2D eigenvalue weighted by molar-refractivity contribution is 5.76. The fourth-order valence-electron chi connectivity index (χ4n) is 1.54. The summed E-state index contributed by atoms with van der Waals surface area (Å²) in [5.74, 6) is -0.153. The summed E-state index contributed by atoms with van der Waals surface area (Å²) < 4.78 is 5.02. The summed E-state index contributed by atoms with van der Waals surface area (Å²) in [6, 6.07) is -0.211. The average molecular weight is 230 g/mol. The van der Waals surface area contributed by atoms with Crippen LogP contribution in [0.5, 0.6) is 0 Å². The third kappa shape index (κ3) is 6.08. The van der Waals surface area contributed by atoms with E-state index in [0.717, 1.165) is 19.6 Å². The number of nitrogens with zero attached hydrogens (tertiary/aromatic N) is 1. The lowest BCUT2D eigenvalue weighted by Gasteiger charge is -2.24. The fraction of sp³-hybridized carbons (Fsp3) is 0.917. The summed E-state index contributed by atoms with van der Waals surface area (Å²) in [6.45, 7) is 9.31. The van der Waals surface area contributed by atoms with Crippen molar-refractivity contribution < 1.29 is 9.53 Å². The van der Waals surface area contributed by atoms with Gasteiger partial charge in [0, 0.05) is 6.54 Å². The minimum Gasteiger partial charge on any atom is -0.465 e. The topological polar surface area (TPSA) is 41.6 Å². The van der Waals surface area contributed by atoms with Crippen molar-refractivity contribution in [3.05, 3.63) is 0 Å². The van der Waals surface area contributed by atoms with Crippen LogP contribution >= 0.6 is 0 Å². The molecule has 0 amide bonds. The summed E-state index contributed by atoms with van der Waals surface area (Å²) in [4.78, 5) is 13.9. The molecule has 0 aliphatic carbocycles. The second-order valence-electron chi connectivity index (χ2n) is 3.84. The molecule has 96 valence electrons. The molecular formula is C12H26N2O2. The Bertz CT molecular complexity index is 186. The maximum Gasteiger partial charge on any atom is 0.324 e. The summed E-state index contributed by atoms with van der Waals surface area (Å²) >= 11 is 0. The second kappa shape index (κ2) is 9.60. The van der Waals surface area contributed by atoms with Crippen molar-refractivity contribution in [2.75, 3.05) is 33.3 Å². The molecule has 0 saturated heterocycles. The zero-order valence-electron chi connectivity index (χ0n) is 11.1. The molecule has 0 fully saturated rings. The highest BCUT2D eigenvalue weighted by atomic mass is 16.5. The number of carbonyl (C=O) groups is 1. The zero-order valence-corrected chi connectivity index (χ0v) is 11.1. The minimum atomic E-state index is -0.211. The Morgan fingerprint density at radius 2 is 2.06 bits per heavy atom. The van der Waals surface area contributed by atoms with Gasteiger partial charge in [0.25, 0.3) is 0 Å². The fourth-order valence-corrected chi connectivity index (χ4v) is 1.54. The molecule has 0 spiro atoms. The van der Waals surface area contributed by atoms with Gasteiger partial charge in [0.05, 0.1) is 6.61 Å². The van der Waals surface area contributed by atoms with E-state index in [4.69, 9.17) is 4.74 Å². The first-order valence-electron chi connectivity index (χ1n) is 6.25. The van der Waals surface area contributed by atoms with Crippen LogP contribution < -0.4 is 5.32 Å². The van der Waals surface area contributed by atoms with Crippen LogP contribution in [-0.4, -0.2) is 50.2 Å². The highest BCUT2D eigenvalue weighted by Gasteiger charge is 2.19. The van der Waals surface area contributed by atoms with E-state index in [2.05, 4.69) is 24.1 Å². The van der Waals surface area contributed by atoms with E-state index in [0.29, 0.717) is 6.61 Å². The van der Waals surface area contributed by atoms with Crippen LogP contribution in [0.15, 0.2) is 0 Å². The minimum absolute atomic E-state index is 0.153. The molecule has 0 radical (unpaired) electrons. The Morgan fingerprint density at radius 1 is 1.38 bits per heavy atom. The SMILES string of the molecule is CCCCN(CC)CC(NC)C(=O)OCC. The number of unbranched alkanes of at least 4 members (excludes halogenated alkanes) is 1. The third-order valence-electron chi connectivity index (χ3n) is 2.64. The number of hydrogen-bond donors (Lipinski definition) is 1. The Kier molecular flexibility index (Phi) is 9.24. The van der Waals surface area contributed by atoms with E-state index in [-0.39, 0.29) is 12.0 Å². The Morgan fingerprint density at radius 3 is 2.50 bits per heavy atom. The van der Waals surface area contributed by atoms with Crippen LogP contribution in [0.2, 0.25) is 0 Å². The normalized spacial score (nSPS) is 12.8. The van der Waals surface area contributed by atoms with Crippen LogP contribution in [0.25, 0.3) is 0 Å². The van der Waals surface area contributed by atoms with E-state index in [1.165, 1.54) is 12.8 Å². The smallest absolute Gasteiger partial charge is 0.324 e. The maximum atomic E-state index is 11.6. The second-order valence-corrected chi connectivity index (χ2v) is 3.84. The van der Waals surface area contributed by atoms with Gasteiger partial charge in [-0.05, 0) is 33.5 Å². The van der Waals surface area contributed by atoms with Crippen molar-refractivity contribution in [1.82, 2.24) is 10.2 Å². The van der Waals surface area contributed by atoms with Crippen molar-refractivity contribution in [3.8, 4) is 0 Å². The van der Waals surface area contributed by atoms with Crippen LogP contribution in [-0.2, 0) is 9.53 Å². The largest absolute Gasteiger partial charge is 0.465 e. The summed E-state index contributed by atoms with van der Waals surface area (Å²) in [6.07, 6.45) is 2.35. The molecule has 0 saturated carbocycles. The number of likely N-dealkylation sites (N-methyl/N-ethyl adjacent to an activating group) is 2. The lowest BCUT2D eigenvalue weighted by atomic mass is 10.2. The molecule has 0 aromatic rings. The van der Waals surface area contributed by atoms with Gasteiger partial charge in [0.15, 0.2) is 0 Å². The monoisotopic (exact) mass is 230 g/mol. The Balaban J connectivity index is 4.10. The zero-order chi connectivity index (χ0) is 12.4. The van der Waals surface area contributed by atoms with Gasteiger partial charge >= 0.3 is 5.97 Å². The molecule has 0 rings (SSSR count). The van der Waals surface area contributed by atoms with Crippen molar-refractivity contribution in [2.45, 2.75) is 39.7 Å². The van der Waals surface area contributed by atoms with Gasteiger partial charge in [-0.2, -0.15) is 0 Å². The molecule has 4 heteroatoms. The number of nitrogens with one attached hydrogen (secondary N) is 1. The standard InChI is InChI=1S/C12H26N2O2/c1-5-8-9-14(6-2)10-11(13-4)12(15)16-7-3/h11,13H,5-10H2,1-4H3. The van der Waals surface area contributed by atoms with Gasteiger partial charge in [0.1, 0.15) is 6.04 Å². The number of carbonyl (C=O) groups excluding carboxylic acids is 1. The molecule has 1 N–H and O–H groups in total. The number of hydrogen-bond acceptors (Lipinski definition) is 4. The Labute approximate surface area is 99.3 Å². The van der Waals surface area contributed by atoms with Crippen molar-refractivity contribution in [2.24, 2.45) is 0 Å². The van der Waals surface area contributed by atoms with Gasteiger partial charge in [-0.3, -0.25) is 4.79 Å². The van der Waals surface area contributed by atoms with E-state index in [1.807, 2.05) is 6.92 Å². The molecule has 0 aliphatic heterocycles. The lowest BCUT2D eigenvalue weighted by Crippen LogP contribution is -2.45. The number of rotatable bonds is 9. The molecule has 16 heavy (non-hydrogen) atoms. The van der Waals surface area contributed by atoms with Gasteiger partial charge < -0.3 is 15.0 Å². The summed E-state index contributed by atoms with van der Waals surface area (Å²) in [5, 5.41) is 3.01. The van der Waals surface area contributed by atoms with E-state index in [1.54, 1.807) is 7.05 Å². The molecule has 0 aromatic carbocycles. The Hall–Kier alpha value is -0.610. The van der Waals surface area contributed by atoms with Gasteiger partial charge in [-0.15, -0.1) is 0 Å². The van der Waals surface area contributed by atoms with Crippen LogP contribution in [0, 0.1) is 0 Å². The average Bonchev–Trinajstić information content (AvgIpc) is 2.30. The van der Waals surface area contributed by atoms with Crippen LogP contribution in [0.4, 0.5) is 0 Å². The van der Waals surface area contributed by atoms with Crippen molar-refractivity contribution in [3.63, 3.8) is 0 Å². The molecule has 1 atom stereocenters. The van der Waals surface area contributed by atoms with Gasteiger partial charge in [-0.25, -0.2) is 0 Å². The predicted octanol–water partition coefficient (Wildman–Crippen LogP) is 1.26. The first-order valence-corrected chi connectivity index (χ1v) is 6.25. The van der Waals surface area contributed by atoms with E-state index >= 15 is 0 Å². The predicted molar refractivity (Wildman–Crippen MR) is 66.5 cm³/mol. The van der Waals surface area contributed by atoms with Crippen LogP contribution in [0.1, 0.15) is 33.6 Å². The van der Waals surface area contributed by atoms with Crippen LogP contribution in [0.3, 0.4) is 0 Å². The maximum absolute atomic E-state index is 11.6. The van der Waals surface area contributed by atoms with E-state index in [9.17, 15) is 4.79 Å². The first kappa shape index (κ1) is 15.4. The van der Waals surface area contributed by atoms with Crippen molar-refractivity contribution in [1.29, 1.82) is 0 Å². The van der Waals surface area contributed by atoms with E-state index < -0.39 is 0 Å². The van der Waals surface area contributed by atoms with Gasteiger partial charge in [0.2, 0.25) is 0 Å². The molecule has 0 bridgehead atoms. The lowest BCUT2D eigenvalue weighted by molar-refractivity contribution is -0.146. The van der Waals surface area contributed by atoms with Gasteiger partial charge in [-0.1, -0.05) is 20.3 Å². The molecule has 0 aliphatic rings. The molecular weight excluding hydrogens is 204 g/mol. The number of esters is 1. The molecule has 0 heterocycles. The van der Waals surface area contributed by atoms with Crippen molar-refractivity contribution >= 4 is 5.97 Å². The number of ether oxygens (including phenoxy) is 1. The highest BCUT2D eigenvalue weighted by Crippen LogP contribution is 1.99. The summed E-state index contributed by atoms with van der Waals surface area (Å²) in [5.41, 5.74) is 0.